The summed E-state index contributed by atoms with van der Waals surface area (Å²) in [6, 6.07) is 10.5. The summed E-state index contributed by atoms with van der Waals surface area (Å²) in [6.45, 7) is 0. The summed E-state index contributed by atoms with van der Waals surface area (Å²) in [5, 5.41) is 10.2. The Hall–Kier alpha value is -2.03. The second-order valence-corrected chi connectivity index (χ2v) is 4.65. The van der Waals surface area contributed by atoms with E-state index in [0.717, 1.165) is 11.5 Å². The predicted octanol–water partition coefficient (Wildman–Crippen LogP) is 4.11. The molecule has 18 heavy (non-hydrogen) atoms. The third-order valence-electron chi connectivity index (χ3n) is 3.30. The van der Waals surface area contributed by atoms with E-state index in [-0.39, 0.29) is 0 Å². The molecule has 1 aromatic carbocycles. The maximum Gasteiger partial charge on any atom is 0.125 e. The molecule has 3 nitrogen and oxygen atoms in total. The quantitative estimate of drug-likeness (QED) is 0.846. The maximum atomic E-state index is 3.93. The molecule has 0 radical (unpaired) electrons. The number of aromatic nitrogens is 2. The highest BCUT2D eigenvalue weighted by atomic mass is 15.2. The fourth-order valence-electron chi connectivity index (χ4n) is 2.38. The minimum atomic E-state index is 0.921. The van der Waals surface area contributed by atoms with E-state index >= 15 is 0 Å². The topological polar surface area (TPSA) is 40.7 Å². The van der Waals surface area contributed by atoms with Crippen molar-refractivity contribution in [2.45, 2.75) is 25.7 Å². The minimum Gasteiger partial charge on any atom is -0.341 e. The van der Waals surface area contributed by atoms with Crippen LogP contribution < -0.4 is 5.32 Å². The first kappa shape index (κ1) is 11.1. The zero-order chi connectivity index (χ0) is 12.2. The van der Waals surface area contributed by atoms with Crippen LogP contribution in [-0.2, 0) is 0 Å². The van der Waals surface area contributed by atoms with Gasteiger partial charge >= 0.3 is 0 Å². The lowest BCUT2D eigenvalue weighted by molar-refractivity contribution is 0.742. The average Bonchev–Trinajstić information content (AvgIpc) is 2.93. The number of aromatic amines is 1. The van der Waals surface area contributed by atoms with E-state index in [4.69, 9.17) is 0 Å². The van der Waals surface area contributed by atoms with Crippen molar-refractivity contribution in [2.24, 2.45) is 0 Å². The standard InChI is InChI=1S/C15H17N3/c1-2-5-12(6-3-1)13-7-4-8-14(11-13)17-15-9-10-16-18-15/h4-5,7-11H,1-3,6H2,(H2,16,17,18). The summed E-state index contributed by atoms with van der Waals surface area (Å²) in [5.74, 6) is 0.921. The highest BCUT2D eigenvalue weighted by molar-refractivity contribution is 5.70. The number of hydrogen-bond donors (Lipinski definition) is 2. The largest absolute Gasteiger partial charge is 0.341 e. The summed E-state index contributed by atoms with van der Waals surface area (Å²) in [5.41, 5.74) is 3.91. The second-order valence-electron chi connectivity index (χ2n) is 4.65. The number of anilines is 2. The molecule has 0 spiro atoms. The normalized spacial score (nSPS) is 15.2. The van der Waals surface area contributed by atoms with Gasteiger partial charge in [-0.1, -0.05) is 18.2 Å². The van der Waals surface area contributed by atoms with Crippen LogP contribution in [0.2, 0.25) is 0 Å². The number of nitrogens with zero attached hydrogens (tertiary/aromatic N) is 1. The molecule has 2 aromatic rings. The van der Waals surface area contributed by atoms with Crippen LogP contribution in [0.3, 0.4) is 0 Å². The van der Waals surface area contributed by atoms with Crippen molar-refractivity contribution < 1.29 is 0 Å². The van der Waals surface area contributed by atoms with Crippen LogP contribution in [0.5, 0.6) is 0 Å². The van der Waals surface area contributed by atoms with Crippen LogP contribution in [-0.4, -0.2) is 10.2 Å². The minimum absolute atomic E-state index is 0.921. The molecule has 3 rings (SSSR count). The molecule has 0 amide bonds. The lowest BCUT2D eigenvalue weighted by atomic mass is 9.93. The van der Waals surface area contributed by atoms with Crippen molar-refractivity contribution in [1.82, 2.24) is 10.2 Å². The molecule has 1 aliphatic carbocycles. The SMILES string of the molecule is C1=C(c2cccc(Nc3ccn[nH]3)c2)CCCC1. The van der Waals surface area contributed by atoms with Crippen molar-refractivity contribution in [3.63, 3.8) is 0 Å². The molecular weight excluding hydrogens is 222 g/mol. The molecule has 3 heteroatoms. The lowest BCUT2D eigenvalue weighted by Gasteiger charge is -2.14. The number of hydrogen-bond acceptors (Lipinski definition) is 2. The molecule has 1 aromatic heterocycles. The Morgan fingerprint density at radius 1 is 1.17 bits per heavy atom. The molecule has 0 unspecified atom stereocenters. The van der Waals surface area contributed by atoms with Gasteiger partial charge in [-0.2, -0.15) is 5.10 Å². The van der Waals surface area contributed by atoms with E-state index in [0.29, 0.717) is 0 Å². The molecule has 1 heterocycles. The summed E-state index contributed by atoms with van der Waals surface area (Å²) in [4.78, 5) is 0. The molecule has 0 atom stereocenters. The summed E-state index contributed by atoms with van der Waals surface area (Å²) in [7, 11) is 0. The van der Waals surface area contributed by atoms with Gasteiger partial charge in [-0.15, -0.1) is 0 Å². The van der Waals surface area contributed by atoms with Crippen LogP contribution in [0.15, 0.2) is 42.6 Å². The highest BCUT2D eigenvalue weighted by Crippen LogP contribution is 2.28. The molecule has 0 bridgehead atoms. The van der Waals surface area contributed by atoms with Gasteiger partial charge in [-0.3, -0.25) is 5.10 Å². The van der Waals surface area contributed by atoms with Gasteiger partial charge in [0, 0.05) is 11.8 Å². The van der Waals surface area contributed by atoms with Crippen molar-refractivity contribution >= 4 is 17.1 Å². The predicted molar refractivity (Wildman–Crippen MR) is 74.8 cm³/mol. The van der Waals surface area contributed by atoms with Gasteiger partial charge in [0.15, 0.2) is 0 Å². The van der Waals surface area contributed by atoms with Crippen molar-refractivity contribution in [3.8, 4) is 0 Å². The fraction of sp³-hybridized carbons (Fsp3) is 0.267. The summed E-state index contributed by atoms with van der Waals surface area (Å²) < 4.78 is 0. The van der Waals surface area contributed by atoms with E-state index in [1.54, 1.807) is 6.20 Å². The second kappa shape index (κ2) is 5.08. The third-order valence-corrected chi connectivity index (χ3v) is 3.30. The zero-order valence-corrected chi connectivity index (χ0v) is 10.3. The molecule has 1 aliphatic rings. The van der Waals surface area contributed by atoms with Gasteiger partial charge in [0.2, 0.25) is 0 Å². The van der Waals surface area contributed by atoms with Crippen LogP contribution in [0, 0.1) is 0 Å². The Morgan fingerprint density at radius 2 is 2.17 bits per heavy atom. The van der Waals surface area contributed by atoms with Crippen molar-refractivity contribution in [1.29, 1.82) is 0 Å². The van der Waals surface area contributed by atoms with Crippen molar-refractivity contribution in [2.75, 3.05) is 5.32 Å². The Balaban J connectivity index is 1.82. The molecular formula is C15H17N3. The molecule has 92 valence electrons. The number of nitrogens with one attached hydrogen (secondary N) is 2. The van der Waals surface area contributed by atoms with E-state index in [2.05, 4.69) is 45.9 Å². The molecule has 0 saturated heterocycles. The first-order valence-corrected chi connectivity index (χ1v) is 6.48. The summed E-state index contributed by atoms with van der Waals surface area (Å²) in [6.07, 6.45) is 9.18. The Morgan fingerprint density at radius 3 is 2.94 bits per heavy atom. The van der Waals surface area contributed by atoms with Crippen LogP contribution in [0.1, 0.15) is 31.2 Å². The number of rotatable bonds is 3. The average molecular weight is 239 g/mol. The fourth-order valence-corrected chi connectivity index (χ4v) is 2.38. The van der Waals surface area contributed by atoms with Gasteiger partial charge in [0.25, 0.3) is 0 Å². The summed E-state index contributed by atoms with van der Waals surface area (Å²) >= 11 is 0. The first-order chi connectivity index (χ1) is 8.92. The molecule has 0 fully saturated rings. The maximum absolute atomic E-state index is 3.93. The van der Waals surface area contributed by atoms with E-state index in [1.807, 2.05) is 6.07 Å². The van der Waals surface area contributed by atoms with E-state index < -0.39 is 0 Å². The number of H-pyrrole nitrogens is 1. The van der Waals surface area contributed by atoms with Crippen LogP contribution in [0.4, 0.5) is 11.5 Å². The number of allylic oxidation sites excluding steroid dienone is 2. The molecule has 2 N–H and O–H groups in total. The number of benzene rings is 1. The first-order valence-electron chi connectivity index (χ1n) is 6.48. The monoisotopic (exact) mass is 239 g/mol. The Labute approximate surface area is 107 Å². The van der Waals surface area contributed by atoms with Crippen molar-refractivity contribution in [3.05, 3.63) is 48.2 Å². The lowest BCUT2D eigenvalue weighted by Crippen LogP contribution is -1.94. The Kier molecular flexibility index (Phi) is 3.13. The van der Waals surface area contributed by atoms with Gasteiger partial charge in [-0.25, -0.2) is 0 Å². The molecule has 0 aliphatic heterocycles. The van der Waals surface area contributed by atoms with Gasteiger partial charge < -0.3 is 5.32 Å². The van der Waals surface area contributed by atoms with E-state index in [1.165, 1.54) is 36.8 Å². The Bertz CT molecular complexity index is 541. The smallest absolute Gasteiger partial charge is 0.125 e. The van der Waals surface area contributed by atoms with Gasteiger partial charge in [0.1, 0.15) is 5.82 Å². The zero-order valence-electron chi connectivity index (χ0n) is 10.3. The van der Waals surface area contributed by atoms with Crippen LogP contribution in [0.25, 0.3) is 5.57 Å². The van der Waals surface area contributed by atoms with Gasteiger partial charge in [0.05, 0.1) is 6.20 Å². The van der Waals surface area contributed by atoms with Gasteiger partial charge in [-0.05, 0) is 49.0 Å². The third kappa shape index (κ3) is 2.45. The van der Waals surface area contributed by atoms with Crippen LogP contribution >= 0.6 is 0 Å². The highest BCUT2D eigenvalue weighted by Gasteiger charge is 2.06. The molecule has 0 saturated carbocycles. The van der Waals surface area contributed by atoms with E-state index in [9.17, 15) is 0 Å².